The van der Waals surface area contributed by atoms with Crippen molar-refractivity contribution >= 4 is 33.2 Å². The van der Waals surface area contributed by atoms with Crippen molar-refractivity contribution < 1.29 is 27.2 Å². The van der Waals surface area contributed by atoms with Crippen LogP contribution in [0.4, 0.5) is 23.2 Å². The van der Waals surface area contributed by atoms with Gasteiger partial charge in [0.05, 0.1) is 15.6 Å². The normalized spacial score (nSPS) is 14.6. The number of halogens is 5. The van der Waals surface area contributed by atoms with Gasteiger partial charge in [0, 0.05) is 11.9 Å². The van der Waals surface area contributed by atoms with E-state index in [2.05, 4.69) is 31.2 Å². The zero-order valence-electron chi connectivity index (χ0n) is 12.0. The van der Waals surface area contributed by atoms with E-state index < -0.39 is 29.1 Å². The maximum absolute atomic E-state index is 13.4. The SMILES string of the molecule is O=C1C(Nc2ccc(F)c(C(F)(F)F)c2)=C(Br)C(=O)c2ncncc21. The number of alkyl halides is 3. The van der Waals surface area contributed by atoms with E-state index in [0.717, 1.165) is 18.6 Å². The van der Waals surface area contributed by atoms with E-state index in [9.17, 15) is 27.2 Å². The lowest BCUT2D eigenvalue weighted by atomic mass is 9.98. The first-order chi connectivity index (χ1) is 11.7. The number of rotatable bonds is 2. The van der Waals surface area contributed by atoms with Crippen molar-refractivity contribution in [3.63, 3.8) is 0 Å². The summed E-state index contributed by atoms with van der Waals surface area (Å²) in [5.41, 5.74) is -2.19. The minimum absolute atomic E-state index is 0.0867. The number of nitrogens with zero attached hydrogens (tertiary/aromatic N) is 2. The molecule has 10 heteroatoms. The van der Waals surface area contributed by atoms with Crippen molar-refractivity contribution in [1.82, 2.24) is 9.97 Å². The fraction of sp³-hybridized carbons (Fsp3) is 0.0667. The van der Waals surface area contributed by atoms with Gasteiger partial charge in [-0.1, -0.05) is 0 Å². The van der Waals surface area contributed by atoms with Crippen molar-refractivity contribution in [3.05, 3.63) is 63.5 Å². The number of carbonyl (C=O) groups excluding carboxylic acids is 2. The number of aromatic nitrogens is 2. The number of allylic oxidation sites excluding steroid dienone is 2. The summed E-state index contributed by atoms with van der Waals surface area (Å²) in [6.45, 7) is 0. The molecule has 0 unspecified atom stereocenters. The molecule has 0 bridgehead atoms. The lowest BCUT2D eigenvalue weighted by molar-refractivity contribution is -0.139. The van der Waals surface area contributed by atoms with Crippen LogP contribution in [-0.2, 0) is 6.18 Å². The van der Waals surface area contributed by atoms with E-state index in [0.29, 0.717) is 12.1 Å². The fourth-order valence-corrected chi connectivity index (χ4v) is 2.67. The summed E-state index contributed by atoms with van der Waals surface area (Å²) in [6, 6.07) is 2.15. The lowest BCUT2D eigenvalue weighted by Gasteiger charge is -2.18. The van der Waals surface area contributed by atoms with Gasteiger partial charge in [0.2, 0.25) is 11.6 Å². The summed E-state index contributed by atoms with van der Waals surface area (Å²) in [6.07, 6.45) is -2.67. The molecule has 1 aliphatic rings. The maximum Gasteiger partial charge on any atom is 0.419 e. The van der Waals surface area contributed by atoms with Crippen molar-refractivity contribution in [1.29, 1.82) is 0 Å². The molecule has 0 fully saturated rings. The van der Waals surface area contributed by atoms with Crippen LogP contribution < -0.4 is 5.32 Å². The van der Waals surface area contributed by atoms with Gasteiger partial charge in [0.1, 0.15) is 23.5 Å². The molecular weight excluding hydrogens is 410 g/mol. The molecule has 3 rings (SSSR count). The molecule has 1 aliphatic carbocycles. The second kappa shape index (κ2) is 6.03. The van der Waals surface area contributed by atoms with Gasteiger partial charge in [-0.15, -0.1) is 0 Å². The Labute approximate surface area is 145 Å². The van der Waals surface area contributed by atoms with Crippen LogP contribution in [0.5, 0.6) is 0 Å². The summed E-state index contributed by atoms with van der Waals surface area (Å²) in [5, 5.41) is 2.43. The molecule has 1 aromatic carbocycles. The Hall–Kier alpha value is -2.62. The Balaban J connectivity index is 2.03. The molecule has 128 valence electrons. The van der Waals surface area contributed by atoms with Gasteiger partial charge in [-0.05, 0) is 34.1 Å². The van der Waals surface area contributed by atoms with Crippen LogP contribution in [0.1, 0.15) is 26.4 Å². The predicted octanol–water partition coefficient (Wildman–Crippen LogP) is 3.73. The number of fused-ring (bicyclic) bond motifs is 1. The van der Waals surface area contributed by atoms with Gasteiger partial charge in [0.15, 0.2) is 0 Å². The number of ketones is 2. The van der Waals surface area contributed by atoms with Crippen LogP contribution >= 0.6 is 15.9 Å². The van der Waals surface area contributed by atoms with Gasteiger partial charge in [-0.2, -0.15) is 13.2 Å². The third kappa shape index (κ3) is 3.04. The number of benzene rings is 1. The Morgan fingerprint density at radius 1 is 1.12 bits per heavy atom. The summed E-state index contributed by atoms with van der Waals surface area (Å²) in [7, 11) is 0. The van der Waals surface area contributed by atoms with E-state index in [1.165, 1.54) is 0 Å². The molecule has 1 N–H and O–H groups in total. The molecule has 0 saturated carbocycles. The van der Waals surface area contributed by atoms with E-state index in [4.69, 9.17) is 0 Å². The Kier molecular flexibility index (Phi) is 4.15. The van der Waals surface area contributed by atoms with E-state index >= 15 is 0 Å². The van der Waals surface area contributed by atoms with Gasteiger partial charge in [-0.3, -0.25) is 9.59 Å². The Morgan fingerprint density at radius 3 is 2.52 bits per heavy atom. The standard InChI is InChI=1S/C15H6BrF4N3O2/c16-10-12(13(24)7-4-21-5-22-11(7)14(10)25)23-6-1-2-9(17)8(3-6)15(18,19)20/h1-5,23H. The molecule has 1 heterocycles. The predicted molar refractivity (Wildman–Crippen MR) is 81.7 cm³/mol. The molecule has 2 aromatic rings. The summed E-state index contributed by atoms with van der Waals surface area (Å²) >= 11 is 2.95. The second-order valence-electron chi connectivity index (χ2n) is 4.95. The molecule has 0 spiro atoms. The van der Waals surface area contributed by atoms with Crippen molar-refractivity contribution in [2.75, 3.05) is 5.32 Å². The van der Waals surface area contributed by atoms with Crippen LogP contribution in [0.15, 0.2) is 40.9 Å². The van der Waals surface area contributed by atoms with Crippen LogP contribution in [0.2, 0.25) is 0 Å². The summed E-state index contributed by atoms with van der Waals surface area (Å²) in [5.74, 6) is -2.76. The number of hydrogen-bond donors (Lipinski definition) is 1. The zero-order chi connectivity index (χ0) is 18.4. The van der Waals surface area contributed by atoms with Crippen molar-refractivity contribution in [2.24, 2.45) is 0 Å². The maximum atomic E-state index is 13.4. The number of nitrogens with one attached hydrogen (secondary N) is 1. The molecule has 0 saturated heterocycles. The highest BCUT2D eigenvalue weighted by atomic mass is 79.9. The minimum atomic E-state index is -4.90. The third-order valence-corrected chi connectivity index (χ3v) is 4.12. The van der Waals surface area contributed by atoms with Gasteiger partial charge >= 0.3 is 6.18 Å². The smallest absolute Gasteiger partial charge is 0.351 e. The average molecular weight is 416 g/mol. The monoisotopic (exact) mass is 415 g/mol. The second-order valence-corrected chi connectivity index (χ2v) is 5.74. The van der Waals surface area contributed by atoms with Gasteiger partial charge in [0.25, 0.3) is 0 Å². The Bertz CT molecular complexity index is 941. The first-order valence-electron chi connectivity index (χ1n) is 6.63. The van der Waals surface area contributed by atoms with Crippen molar-refractivity contribution in [3.8, 4) is 0 Å². The minimum Gasteiger partial charge on any atom is -0.351 e. The first-order valence-corrected chi connectivity index (χ1v) is 7.42. The summed E-state index contributed by atoms with van der Waals surface area (Å²) in [4.78, 5) is 32.1. The molecule has 0 aliphatic heterocycles. The highest BCUT2D eigenvalue weighted by Crippen LogP contribution is 2.34. The van der Waals surface area contributed by atoms with Crippen molar-refractivity contribution in [2.45, 2.75) is 6.18 Å². The van der Waals surface area contributed by atoms with Crippen LogP contribution in [0.3, 0.4) is 0 Å². The van der Waals surface area contributed by atoms with Crippen LogP contribution in [0.25, 0.3) is 0 Å². The highest BCUT2D eigenvalue weighted by molar-refractivity contribution is 9.12. The molecule has 0 radical (unpaired) electrons. The fourth-order valence-electron chi connectivity index (χ4n) is 2.20. The molecule has 25 heavy (non-hydrogen) atoms. The third-order valence-electron chi connectivity index (χ3n) is 3.36. The van der Waals surface area contributed by atoms with E-state index in [1.54, 1.807) is 0 Å². The van der Waals surface area contributed by atoms with Gasteiger partial charge < -0.3 is 5.32 Å². The zero-order valence-corrected chi connectivity index (χ0v) is 13.6. The van der Waals surface area contributed by atoms with Crippen LogP contribution in [-0.4, -0.2) is 21.5 Å². The average Bonchev–Trinajstić information content (AvgIpc) is 2.57. The molecule has 0 atom stereocenters. The first kappa shape index (κ1) is 17.2. The number of anilines is 1. The van der Waals surface area contributed by atoms with Gasteiger partial charge in [-0.25, -0.2) is 14.4 Å². The topological polar surface area (TPSA) is 72.0 Å². The lowest BCUT2D eigenvalue weighted by Crippen LogP contribution is -2.25. The largest absolute Gasteiger partial charge is 0.419 e. The van der Waals surface area contributed by atoms with E-state index in [-0.39, 0.29) is 27.1 Å². The molecule has 1 aromatic heterocycles. The molecule has 0 amide bonds. The number of hydrogen-bond acceptors (Lipinski definition) is 5. The quantitative estimate of drug-likeness (QED) is 0.756. The Morgan fingerprint density at radius 2 is 1.84 bits per heavy atom. The number of Topliss-reactive ketones (excluding diaryl/α,β-unsaturated/α-hetero) is 2. The van der Waals surface area contributed by atoms with Crippen LogP contribution in [0, 0.1) is 5.82 Å². The summed E-state index contributed by atoms with van der Waals surface area (Å²) < 4.78 is 51.5. The van der Waals surface area contributed by atoms with E-state index in [1.807, 2.05) is 0 Å². The number of carbonyl (C=O) groups is 2. The molecular formula is C15H6BrF4N3O2. The highest BCUT2D eigenvalue weighted by Gasteiger charge is 2.35. The molecule has 5 nitrogen and oxygen atoms in total.